The number of amides is 1. The Morgan fingerprint density at radius 2 is 2.27 bits per heavy atom. The molecule has 134 valence electrons. The Hall–Kier alpha value is -2.25. The molecule has 3 aromatic heterocycles. The van der Waals surface area contributed by atoms with Gasteiger partial charge < -0.3 is 10.3 Å². The second-order valence-corrected chi connectivity index (χ2v) is 8.23. The van der Waals surface area contributed by atoms with Gasteiger partial charge in [-0.25, -0.2) is 4.98 Å². The van der Waals surface area contributed by atoms with E-state index in [0.717, 1.165) is 46.8 Å². The van der Waals surface area contributed by atoms with Crippen LogP contribution in [0.15, 0.2) is 33.1 Å². The lowest BCUT2D eigenvalue weighted by Gasteiger charge is -2.16. The molecule has 4 rings (SSSR count). The summed E-state index contributed by atoms with van der Waals surface area (Å²) in [6.45, 7) is 1.94. The van der Waals surface area contributed by atoms with E-state index < -0.39 is 0 Å². The highest BCUT2D eigenvalue weighted by atomic mass is 32.1. The van der Waals surface area contributed by atoms with Gasteiger partial charge in [0.05, 0.1) is 6.04 Å². The number of fused-ring (bicyclic) bond motifs is 1. The van der Waals surface area contributed by atoms with Crippen molar-refractivity contribution < 1.29 is 4.79 Å². The first-order valence-corrected chi connectivity index (χ1v) is 10.4. The molecule has 1 aliphatic rings. The Morgan fingerprint density at radius 3 is 3.00 bits per heavy atom. The highest BCUT2D eigenvalue weighted by Crippen LogP contribution is 2.24. The van der Waals surface area contributed by atoms with Crippen molar-refractivity contribution >= 4 is 28.6 Å². The van der Waals surface area contributed by atoms with Gasteiger partial charge in [0.2, 0.25) is 0 Å². The van der Waals surface area contributed by atoms with Crippen molar-refractivity contribution in [2.24, 2.45) is 0 Å². The van der Waals surface area contributed by atoms with Crippen LogP contribution in [-0.2, 0) is 19.3 Å². The molecule has 3 aromatic rings. The van der Waals surface area contributed by atoms with Gasteiger partial charge in [0.25, 0.3) is 11.5 Å². The normalized spacial score (nSPS) is 14.2. The number of rotatable bonds is 5. The Bertz CT molecular complexity index is 989. The molecule has 5 nitrogen and oxygen atoms in total. The van der Waals surface area contributed by atoms with Crippen LogP contribution in [0.2, 0.25) is 0 Å². The molecule has 2 N–H and O–H groups in total. The number of pyridine rings is 1. The standard InChI is InChI=1S/C19H19N3O2S2/c1-11-9-26-19(20-11)16(7-12-5-6-25-10-12)22-18(24)14-8-13-3-2-4-15(13)21-17(14)23/h5-6,8-10,16H,2-4,7H2,1H3,(H,21,23)(H,22,24)/t16-/m1/s1. The summed E-state index contributed by atoms with van der Waals surface area (Å²) >= 11 is 3.16. The molecule has 0 radical (unpaired) electrons. The number of H-pyrrole nitrogens is 1. The first kappa shape index (κ1) is 17.2. The number of nitrogens with one attached hydrogen (secondary N) is 2. The molecular weight excluding hydrogens is 366 g/mol. The highest BCUT2D eigenvalue weighted by molar-refractivity contribution is 7.09. The van der Waals surface area contributed by atoms with Crippen LogP contribution in [0.5, 0.6) is 0 Å². The van der Waals surface area contributed by atoms with E-state index in [4.69, 9.17) is 0 Å². The highest BCUT2D eigenvalue weighted by Gasteiger charge is 2.23. The van der Waals surface area contributed by atoms with Gasteiger partial charge in [-0.3, -0.25) is 9.59 Å². The van der Waals surface area contributed by atoms with Crippen LogP contribution in [0.3, 0.4) is 0 Å². The van der Waals surface area contributed by atoms with Crippen LogP contribution in [0.25, 0.3) is 0 Å². The zero-order chi connectivity index (χ0) is 18.1. The van der Waals surface area contributed by atoms with Crippen molar-refractivity contribution in [2.75, 3.05) is 0 Å². The van der Waals surface area contributed by atoms with Gasteiger partial charge in [0, 0.05) is 23.2 Å². The number of thiophene rings is 1. The molecule has 3 heterocycles. The smallest absolute Gasteiger partial charge is 0.261 e. The van der Waals surface area contributed by atoms with Crippen molar-refractivity contribution in [1.82, 2.24) is 15.3 Å². The molecule has 0 aliphatic heterocycles. The maximum Gasteiger partial charge on any atom is 0.261 e. The number of thiazole rings is 1. The summed E-state index contributed by atoms with van der Waals surface area (Å²) in [5.41, 5.74) is 4.01. The lowest BCUT2D eigenvalue weighted by Crippen LogP contribution is -2.34. The Kier molecular flexibility index (Phi) is 4.74. The van der Waals surface area contributed by atoms with E-state index in [1.165, 1.54) is 11.3 Å². The number of hydrogen-bond donors (Lipinski definition) is 2. The second kappa shape index (κ2) is 7.17. The Balaban J connectivity index is 1.61. The molecule has 1 aliphatic carbocycles. The number of aromatic amines is 1. The van der Waals surface area contributed by atoms with Crippen molar-refractivity contribution in [3.05, 3.63) is 71.7 Å². The fourth-order valence-corrected chi connectivity index (χ4v) is 4.82. The minimum atomic E-state index is -0.339. The van der Waals surface area contributed by atoms with Gasteiger partial charge in [0.1, 0.15) is 10.6 Å². The molecule has 1 amide bonds. The monoisotopic (exact) mass is 385 g/mol. The van der Waals surface area contributed by atoms with Crippen LogP contribution >= 0.6 is 22.7 Å². The molecule has 0 aromatic carbocycles. The first-order chi connectivity index (χ1) is 12.6. The number of aromatic nitrogens is 2. The Labute approximate surface area is 159 Å². The van der Waals surface area contributed by atoms with E-state index in [-0.39, 0.29) is 23.1 Å². The van der Waals surface area contributed by atoms with Gasteiger partial charge in [-0.1, -0.05) is 0 Å². The maximum absolute atomic E-state index is 12.8. The molecular formula is C19H19N3O2S2. The first-order valence-electron chi connectivity index (χ1n) is 8.59. The van der Waals surface area contributed by atoms with Gasteiger partial charge >= 0.3 is 0 Å². The minimum Gasteiger partial charge on any atom is -0.342 e. The van der Waals surface area contributed by atoms with E-state index in [1.807, 2.05) is 23.8 Å². The van der Waals surface area contributed by atoms with Crippen molar-refractivity contribution in [3.8, 4) is 0 Å². The van der Waals surface area contributed by atoms with Crippen LogP contribution in [-0.4, -0.2) is 15.9 Å². The SMILES string of the molecule is Cc1csc([C@@H](Cc2ccsc2)NC(=O)c2cc3c([nH]c2=O)CCC3)n1. The number of carbonyl (C=O) groups excluding carboxylic acids is 1. The number of carbonyl (C=O) groups is 1. The average Bonchev–Trinajstić information content (AvgIpc) is 3.34. The number of aryl methyl sites for hydroxylation is 3. The molecule has 26 heavy (non-hydrogen) atoms. The van der Waals surface area contributed by atoms with E-state index in [0.29, 0.717) is 6.42 Å². The molecule has 0 bridgehead atoms. The minimum absolute atomic E-state index is 0.189. The summed E-state index contributed by atoms with van der Waals surface area (Å²) in [5.74, 6) is -0.339. The third-order valence-corrected chi connectivity index (χ3v) is 6.40. The zero-order valence-corrected chi connectivity index (χ0v) is 16.0. The van der Waals surface area contributed by atoms with E-state index >= 15 is 0 Å². The van der Waals surface area contributed by atoms with Gasteiger partial charge in [0.15, 0.2) is 0 Å². The van der Waals surface area contributed by atoms with Crippen molar-refractivity contribution in [3.63, 3.8) is 0 Å². The lowest BCUT2D eigenvalue weighted by molar-refractivity contribution is 0.0934. The molecule has 0 saturated carbocycles. The molecule has 1 atom stereocenters. The van der Waals surface area contributed by atoms with Crippen LogP contribution in [0.1, 0.15) is 50.3 Å². The summed E-state index contributed by atoms with van der Waals surface area (Å²) in [6.07, 6.45) is 3.47. The predicted octanol–water partition coefficient (Wildman–Crippen LogP) is 3.40. The van der Waals surface area contributed by atoms with Gasteiger partial charge in [-0.05, 0) is 60.2 Å². The summed E-state index contributed by atoms with van der Waals surface area (Å²) in [6, 6.07) is 3.56. The summed E-state index contributed by atoms with van der Waals surface area (Å²) in [4.78, 5) is 32.6. The molecule has 0 unspecified atom stereocenters. The largest absolute Gasteiger partial charge is 0.342 e. The van der Waals surface area contributed by atoms with Crippen molar-refractivity contribution in [1.29, 1.82) is 0 Å². The van der Waals surface area contributed by atoms with Gasteiger partial charge in [-0.2, -0.15) is 11.3 Å². The lowest BCUT2D eigenvalue weighted by atomic mass is 10.1. The summed E-state index contributed by atoms with van der Waals surface area (Å²) < 4.78 is 0. The van der Waals surface area contributed by atoms with Crippen LogP contribution in [0, 0.1) is 6.92 Å². The quantitative estimate of drug-likeness (QED) is 0.707. The third kappa shape index (κ3) is 3.50. The third-order valence-electron chi connectivity index (χ3n) is 4.59. The fourth-order valence-electron chi connectivity index (χ4n) is 3.29. The van der Waals surface area contributed by atoms with Gasteiger partial charge in [-0.15, -0.1) is 11.3 Å². The maximum atomic E-state index is 12.8. The predicted molar refractivity (Wildman–Crippen MR) is 104 cm³/mol. The van der Waals surface area contributed by atoms with Crippen LogP contribution < -0.4 is 10.9 Å². The molecule has 0 spiro atoms. The summed E-state index contributed by atoms with van der Waals surface area (Å²) in [5, 5.41) is 9.96. The molecule has 7 heteroatoms. The topological polar surface area (TPSA) is 74.8 Å². The number of nitrogens with zero attached hydrogens (tertiary/aromatic N) is 1. The second-order valence-electron chi connectivity index (χ2n) is 6.56. The average molecular weight is 386 g/mol. The van der Waals surface area contributed by atoms with Crippen molar-refractivity contribution in [2.45, 2.75) is 38.6 Å². The molecule has 0 saturated heterocycles. The zero-order valence-electron chi connectivity index (χ0n) is 14.4. The van der Waals surface area contributed by atoms with E-state index in [2.05, 4.69) is 20.7 Å². The Morgan fingerprint density at radius 1 is 1.38 bits per heavy atom. The summed E-state index contributed by atoms with van der Waals surface area (Å²) in [7, 11) is 0. The van der Waals surface area contributed by atoms with E-state index in [9.17, 15) is 9.59 Å². The molecule has 0 fully saturated rings. The fraction of sp³-hybridized carbons (Fsp3) is 0.316. The number of hydrogen-bond acceptors (Lipinski definition) is 5. The van der Waals surface area contributed by atoms with Crippen LogP contribution in [0.4, 0.5) is 0 Å². The van der Waals surface area contributed by atoms with E-state index in [1.54, 1.807) is 17.4 Å².